The first-order valence-electron chi connectivity index (χ1n) is 5.18. The second kappa shape index (κ2) is 4.15. The average molecular weight is 230 g/mol. The van der Waals surface area contributed by atoms with Gasteiger partial charge in [-0.2, -0.15) is 0 Å². The number of hydrogen-bond donors (Lipinski definition) is 0. The quantitative estimate of drug-likeness (QED) is 0.644. The van der Waals surface area contributed by atoms with E-state index in [1.54, 1.807) is 0 Å². The molecule has 0 amide bonds. The lowest BCUT2D eigenvalue weighted by atomic mass is 10.0. The van der Waals surface area contributed by atoms with E-state index in [0.29, 0.717) is 0 Å². The third kappa shape index (κ3) is 1.77. The van der Waals surface area contributed by atoms with Crippen molar-refractivity contribution in [2.45, 2.75) is 6.42 Å². The van der Waals surface area contributed by atoms with Gasteiger partial charge in [0.1, 0.15) is 11.5 Å². The van der Waals surface area contributed by atoms with E-state index in [4.69, 9.17) is 9.05 Å². The summed E-state index contributed by atoms with van der Waals surface area (Å²) in [5.41, 5.74) is 2.43. The molecule has 0 unspecified atom stereocenters. The smallest absolute Gasteiger partial charge is 0.275 e. The lowest BCUT2D eigenvalue weighted by molar-refractivity contribution is 0.502. The summed E-state index contributed by atoms with van der Waals surface area (Å²) in [4.78, 5) is 0. The van der Waals surface area contributed by atoms with Crippen molar-refractivity contribution in [3.8, 4) is 11.5 Å². The van der Waals surface area contributed by atoms with Gasteiger partial charge in [-0.15, -0.1) is 0 Å². The minimum atomic E-state index is 0.0243. The summed E-state index contributed by atoms with van der Waals surface area (Å²) in [6, 6.07) is 16.2. The first-order valence-corrected chi connectivity index (χ1v) is 5.99. The maximum Gasteiger partial charge on any atom is 0.275 e. The fourth-order valence-electron chi connectivity index (χ4n) is 1.81. The lowest BCUT2D eigenvalue weighted by Gasteiger charge is -2.17. The summed E-state index contributed by atoms with van der Waals surface area (Å²) in [6.07, 6.45) is 0.858. The van der Waals surface area contributed by atoms with E-state index in [1.807, 2.05) is 36.4 Å². The molecule has 80 valence electrons. The highest BCUT2D eigenvalue weighted by molar-refractivity contribution is 7.27. The van der Waals surface area contributed by atoms with Gasteiger partial charge in [0.15, 0.2) is 0 Å². The van der Waals surface area contributed by atoms with Gasteiger partial charge >= 0.3 is 0 Å². The van der Waals surface area contributed by atoms with Crippen molar-refractivity contribution in [2.75, 3.05) is 0 Å². The summed E-state index contributed by atoms with van der Waals surface area (Å²) in [5.74, 6) is 1.85. The van der Waals surface area contributed by atoms with Crippen molar-refractivity contribution >= 4 is 9.03 Å². The molecule has 0 N–H and O–H groups in total. The summed E-state index contributed by atoms with van der Waals surface area (Å²) in [7, 11) is 0.0243. The van der Waals surface area contributed by atoms with Crippen molar-refractivity contribution in [1.29, 1.82) is 0 Å². The molecule has 3 heteroatoms. The largest absolute Gasteiger partial charge is 0.440 e. The average Bonchev–Trinajstić information content (AvgIpc) is 2.29. The van der Waals surface area contributed by atoms with Gasteiger partial charge in [-0.25, -0.2) is 0 Å². The van der Waals surface area contributed by atoms with Crippen molar-refractivity contribution in [2.24, 2.45) is 0 Å². The van der Waals surface area contributed by atoms with Gasteiger partial charge in [-0.05, 0) is 23.3 Å². The second-order valence-electron chi connectivity index (χ2n) is 3.68. The minimum Gasteiger partial charge on any atom is -0.440 e. The molecule has 0 aromatic heterocycles. The molecule has 0 saturated heterocycles. The van der Waals surface area contributed by atoms with Crippen LogP contribution in [0.25, 0.3) is 0 Å². The van der Waals surface area contributed by atoms with Crippen molar-refractivity contribution in [1.82, 2.24) is 0 Å². The van der Waals surface area contributed by atoms with E-state index in [1.165, 1.54) is 11.1 Å². The van der Waals surface area contributed by atoms with Crippen LogP contribution in [0.3, 0.4) is 0 Å². The molecule has 2 aromatic carbocycles. The van der Waals surface area contributed by atoms with Gasteiger partial charge in [-0.1, -0.05) is 36.4 Å². The first-order chi connectivity index (χ1) is 7.93. The molecule has 0 radical (unpaired) electrons. The zero-order valence-electron chi connectivity index (χ0n) is 8.64. The van der Waals surface area contributed by atoms with E-state index in [-0.39, 0.29) is 9.03 Å². The molecule has 2 aromatic rings. The third-order valence-corrected chi connectivity index (χ3v) is 3.24. The standard InChI is InChI=1S/C13H11O2P/c1-3-7-12-10(5-1)9-11-6-2-4-8-13(11)15-16-14-12/h1-8,16H,9H2. The number of para-hydroxylation sites is 2. The zero-order chi connectivity index (χ0) is 10.8. The fraction of sp³-hybridized carbons (Fsp3) is 0.0769. The Kier molecular flexibility index (Phi) is 2.51. The maximum absolute atomic E-state index is 5.59. The molecule has 2 nitrogen and oxygen atoms in total. The van der Waals surface area contributed by atoms with Crippen molar-refractivity contribution in [3.63, 3.8) is 0 Å². The number of rotatable bonds is 0. The van der Waals surface area contributed by atoms with Crippen molar-refractivity contribution in [3.05, 3.63) is 59.7 Å². The molecule has 1 aliphatic heterocycles. The number of hydrogen-bond acceptors (Lipinski definition) is 2. The molecule has 0 atom stereocenters. The van der Waals surface area contributed by atoms with Gasteiger partial charge in [0.25, 0.3) is 9.03 Å². The highest BCUT2D eigenvalue weighted by Crippen LogP contribution is 2.35. The van der Waals surface area contributed by atoms with Gasteiger partial charge in [0.2, 0.25) is 0 Å². The maximum atomic E-state index is 5.59. The van der Waals surface area contributed by atoms with Crippen LogP contribution in [0.5, 0.6) is 11.5 Å². The molecule has 0 spiro atoms. The van der Waals surface area contributed by atoms with Crippen LogP contribution in [0.4, 0.5) is 0 Å². The summed E-state index contributed by atoms with van der Waals surface area (Å²) < 4.78 is 11.2. The van der Waals surface area contributed by atoms with Crippen LogP contribution in [0, 0.1) is 0 Å². The Balaban J connectivity index is 2.06. The Morgan fingerprint density at radius 1 is 0.750 bits per heavy atom. The fourth-order valence-corrected chi connectivity index (χ4v) is 2.43. The van der Waals surface area contributed by atoms with E-state index >= 15 is 0 Å². The van der Waals surface area contributed by atoms with Crippen LogP contribution in [-0.2, 0) is 6.42 Å². The molecular weight excluding hydrogens is 219 g/mol. The second-order valence-corrected chi connectivity index (χ2v) is 4.25. The molecule has 0 saturated carbocycles. The summed E-state index contributed by atoms with van der Waals surface area (Å²) in [6.45, 7) is 0. The monoisotopic (exact) mass is 230 g/mol. The van der Waals surface area contributed by atoms with Gasteiger partial charge in [0.05, 0.1) is 0 Å². The molecule has 1 heterocycles. The van der Waals surface area contributed by atoms with Crippen LogP contribution in [0.2, 0.25) is 0 Å². The minimum absolute atomic E-state index is 0.0243. The van der Waals surface area contributed by atoms with Crippen LogP contribution in [-0.4, -0.2) is 0 Å². The van der Waals surface area contributed by atoms with E-state index in [0.717, 1.165) is 17.9 Å². The first kappa shape index (κ1) is 9.68. The Bertz CT molecular complexity index is 465. The number of fused-ring (bicyclic) bond motifs is 2. The van der Waals surface area contributed by atoms with Gasteiger partial charge in [-0.3, -0.25) is 0 Å². The van der Waals surface area contributed by atoms with Crippen LogP contribution < -0.4 is 9.05 Å². The molecule has 1 aliphatic rings. The highest BCUT2D eigenvalue weighted by Gasteiger charge is 2.12. The van der Waals surface area contributed by atoms with Crippen LogP contribution in [0.15, 0.2) is 48.5 Å². The Morgan fingerprint density at radius 3 is 1.81 bits per heavy atom. The summed E-state index contributed by atoms with van der Waals surface area (Å²) >= 11 is 0. The highest BCUT2D eigenvalue weighted by atomic mass is 31.1. The predicted molar refractivity (Wildman–Crippen MR) is 65.3 cm³/mol. The zero-order valence-corrected chi connectivity index (χ0v) is 9.64. The van der Waals surface area contributed by atoms with Gasteiger partial charge < -0.3 is 9.05 Å². The van der Waals surface area contributed by atoms with E-state index < -0.39 is 0 Å². The molecule has 0 aliphatic carbocycles. The molecular formula is C13H11O2P. The number of benzene rings is 2. The van der Waals surface area contributed by atoms with Gasteiger partial charge in [0, 0.05) is 6.42 Å². The normalized spacial score (nSPS) is 13.5. The molecule has 0 fully saturated rings. The topological polar surface area (TPSA) is 18.5 Å². The van der Waals surface area contributed by atoms with Crippen LogP contribution >= 0.6 is 9.03 Å². The SMILES string of the molecule is c1ccc2c(c1)Cc1ccccc1OPO2. The molecule has 0 bridgehead atoms. The van der Waals surface area contributed by atoms with Crippen LogP contribution in [0.1, 0.15) is 11.1 Å². The third-order valence-electron chi connectivity index (χ3n) is 2.63. The Hall–Kier alpha value is -1.53. The lowest BCUT2D eigenvalue weighted by Crippen LogP contribution is -1.99. The summed E-state index contributed by atoms with van der Waals surface area (Å²) in [5, 5.41) is 0. The molecule has 16 heavy (non-hydrogen) atoms. The van der Waals surface area contributed by atoms with Crippen molar-refractivity contribution < 1.29 is 9.05 Å². The van der Waals surface area contributed by atoms with E-state index in [2.05, 4.69) is 12.1 Å². The van der Waals surface area contributed by atoms with E-state index in [9.17, 15) is 0 Å². The Morgan fingerprint density at radius 2 is 1.25 bits per heavy atom. The predicted octanol–water partition coefficient (Wildman–Crippen LogP) is 3.56. The molecule has 3 rings (SSSR count). The Labute approximate surface area is 96.2 Å².